The molecule has 0 aromatic carbocycles. The molecule has 150 valence electrons. The molecule has 6 nitrogen and oxygen atoms in total. The van der Waals surface area contributed by atoms with Gasteiger partial charge >= 0.3 is 156 Å². The Morgan fingerprint density at radius 3 is 0.652 bits per heavy atom. The van der Waals surface area contributed by atoms with Crippen LogP contribution in [0.5, 0.6) is 0 Å². The van der Waals surface area contributed by atoms with E-state index >= 15 is 0 Å². The van der Waals surface area contributed by atoms with Crippen molar-refractivity contribution in [3.05, 3.63) is 0 Å². The monoisotopic (exact) mass is 504 g/mol. The third kappa shape index (κ3) is 3.65. The van der Waals surface area contributed by atoms with Gasteiger partial charge in [0.25, 0.3) is 0 Å². The van der Waals surface area contributed by atoms with Crippen LogP contribution in [0.1, 0.15) is 0 Å². The third-order valence-corrected chi connectivity index (χ3v) is 50.6. The van der Waals surface area contributed by atoms with Gasteiger partial charge in [-0.25, -0.2) is 0 Å². The van der Waals surface area contributed by atoms with Gasteiger partial charge in [0.2, 0.25) is 0 Å². The Morgan fingerprint density at radius 2 is 0.565 bits per heavy atom. The van der Waals surface area contributed by atoms with Crippen LogP contribution in [0.4, 0.5) is 0 Å². The summed E-state index contributed by atoms with van der Waals surface area (Å²) in [4.78, 5) is 0. The topological polar surface area (TPSA) is 19.4 Å². The van der Waals surface area contributed by atoms with Crippen LogP contribution in [0, 0.1) is 0 Å². The van der Waals surface area contributed by atoms with Crippen LogP contribution in [-0.4, -0.2) is 113 Å². The maximum absolute atomic E-state index is 7.54. The van der Waals surface area contributed by atoms with Crippen LogP contribution in [-0.2, 0) is 12.5 Å². The molecule has 0 aliphatic rings. The zero-order valence-electron chi connectivity index (χ0n) is 16.8. The van der Waals surface area contributed by atoms with Crippen molar-refractivity contribution in [3.8, 4) is 0 Å². The first-order chi connectivity index (χ1) is 10.2. The zero-order valence-corrected chi connectivity index (χ0v) is 21.8. The van der Waals surface area contributed by atoms with Crippen LogP contribution in [0.2, 0.25) is 0 Å². The molecule has 0 aliphatic heterocycles. The molecule has 0 aliphatic carbocycles. The van der Waals surface area contributed by atoms with Crippen LogP contribution in [0.3, 0.4) is 0 Å². The van der Waals surface area contributed by atoms with Gasteiger partial charge in [0.15, 0.2) is 0 Å². The Morgan fingerprint density at radius 1 is 0.435 bits per heavy atom. The van der Waals surface area contributed by atoms with E-state index in [-0.39, 0.29) is 0 Å². The van der Waals surface area contributed by atoms with E-state index in [1.807, 2.05) is 0 Å². The van der Waals surface area contributed by atoms with Gasteiger partial charge in [0.05, 0.1) is 0 Å². The average Bonchev–Trinajstić information content (AvgIpc) is 2.24. The van der Waals surface area contributed by atoms with E-state index in [2.05, 4.69) is 113 Å². The normalized spacial score (nSPS) is 17.2. The SMILES string of the molecule is CN(C)[PH](N(C)C)(N(C)C)[Pd]([Cl])([Cl])[PH](N(C)C)(N(C)C)N(C)C. The molecule has 0 saturated carbocycles. The fourth-order valence-corrected chi connectivity index (χ4v) is 71.5. The second-order valence-corrected chi connectivity index (χ2v) is 39.4. The van der Waals surface area contributed by atoms with Gasteiger partial charge in [-0.1, -0.05) is 0 Å². The van der Waals surface area contributed by atoms with Crippen LogP contribution in [0.25, 0.3) is 0 Å². The van der Waals surface area contributed by atoms with Crippen molar-refractivity contribution in [3.63, 3.8) is 0 Å². The van der Waals surface area contributed by atoms with E-state index in [0.717, 1.165) is 0 Å². The number of hydrogen-bond acceptors (Lipinski definition) is 6. The van der Waals surface area contributed by atoms with E-state index in [1.165, 1.54) is 0 Å². The molecule has 0 heterocycles. The van der Waals surface area contributed by atoms with Crippen molar-refractivity contribution in [2.24, 2.45) is 0 Å². The van der Waals surface area contributed by atoms with Crippen molar-refractivity contribution in [1.29, 1.82) is 0 Å². The van der Waals surface area contributed by atoms with Crippen molar-refractivity contribution < 1.29 is 12.5 Å². The van der Waals surface area contributed by atoms with Gasteiger partial charge in [0, 0.05) is 0 Å². The number of nitrogens with zero attached hydrogens (tertiary/aromatic N) is 6. The molecular weight excluding hydrogens is 467 g/mol. The fourth-order valence-electron chi connectivity index (χ4n) is 3.61. The van der Waals surface area contributed by atoms with Crippen LogP contribution < -0.4 is 0 Å². The number of halogens is 2. The Labute approximate surface area is 155 Å². The molecule has 0 bridgehead atoms. The molecule has 0 atom stereocenters. The minimum atomic E-state index is -3.02. The Hall–Kier alpha value is 1.86. The summed E-state index contributed by atoms with van der Waals surface area (Å²) in [6.07, 6.45) is 0. The summed E-state index contributed by atoms with van der Waals surface area (Å²) in [5.41, 5.74) is 0. The molecule has 0 saturated heterocycles. The van der Waals surface area contributed by atoms with Crippen molar-refractivity contribution in [2.45, 2.75) is 0 Å². The summed E-state index contributed by atoms with van der Waals surface area (Å²) in [6.45, 7) is 0. The first kappa shape index (κ1) is 24.9. The van der Waals surface area contributed by atoms with Crippen LogP contribution >= 0.6 is 30.9 Å². The number of hydrogen-bond donors (Lipinski definition) is 0. The molecule has 0 fully saturated rings. The molecule has 0 radical (unpaired) electrons. The van der Waals surface area contributed by atoms with Crippen molar-refractivity contribution in [2.75, 3.05) is 84.6 Å². The predicted molar refractivity (Wildman–Crippen MR) is 110 cm³/mol. The standard InChI is InChI=1S/2C6H18N3P.2ClH.Pd/c2*1-7(2)10(8(3)4)9(5)6;;;/h2*1-6H3;2*1H;. The summed E-state index contributed by atoms with van der Waals surface area (Å²) in [5, 5.41) is 0. The molecule has 23 heavy (non-hydrogen) atoms. The fraction of sp³-hybridized carbons (Fsp3) is 1.00. The second-order valence-electron chi connectivity index (χ2n) is 6.75. The van der Waals surface area contributed by atoms with Crippen LogP contribution in [0.15, 0.2) is 0 Å². The Bertz CT molecular complexity index is 316. The molecule has 0 rings (SSSR count). The molecule has 0 N–H and O–H groups in total. The van der Waals surface area contributed by atoms with Gasteiger partial charge in [-0.3, -0.25) is 0 Å². The van der Waals surface area contributed by atoms with Crippen molar-refractivity contribution >= 4 is 30.9 Å². The second kappa shape index (κ2) is 8.70. The van der Waals surface area contributed by atoms with E-state index in [9.17, 15) is 0 Å². The first-order valence-corrected chi connectivity index (χ1v) is 19.2. The summed E-state index contributed by atoms with van der Waals surface area (Å²) < 4.78 is 13.8. The third-order valence-electron chi connectivity index (χ3n) is 3.78. The van der Waals surface area contributed by atoms with Gasteiger partial charge in [-0.15, -0.1) is 0 Å². The molecule has 0 unspecified atom stereocenters. The quantitative estimate of drug-likeness (QED) is 0.371. The van der Waals surface area contributed by atoms with Gasteiger partial charge in [-0.2, -0.15) is 0 Å². The molecule has 11 heteroatoms. The zero-order chi connectivity index (χ0) is 19.0. The number of rotatable bonds is 8. The van der Waals surface area contributed by atoms with Gasteiger partial charge in [0.1, 0.15) is 0 Å². The Kier molecular flexibility index (Phi) is 9.40. The summed E-state index contributed by atoms with van der Waals surface area (Å²) in [6, 6.07) is 0. The minimum absolute atomic E-state index is 2.11. The molecule has 0 amide bonds. The van der Waals surface area contributed by atoms with E-state index < -0.39 is 24.3 Å². The predicted octanol–water partition coefficient (Wildman–Crippen LogP) is 2.64. The van der Waals surface area contributed by atoms with Gasteiger partial charge < -0.3 is 0 Å². The van der Waals surface area contributed by atoms with Gasteiger partial charge in [-0.05, 0) is 0 Å². The molecule has 0 aromatic heterocycles. The summed E-state index contributed by atoms with van der Waals surface area (Å²) >= 11 is -3.02. The summed E-state index contributed by atoms with van der Waals surface area (Å²) in [5.74, 6) is -4.92. The molecular formula is C12H38Cl2N6P2Pd. The maximum atomic E-state index is 7.54. The molecule has 0 aromatic rings. The first-order valence-electron chi connectivity index (χ1n) is 7.26. The molecule has 0 spiro atoms. The van der Waals surface area contributed by atoms with E-state index in [0.29, 0.717) is 0 Å². The average molecular weight is 506 g/mol. The van der Waals surface area contributed by atoms with E-state index in [4.69, 9.17) is 19.1 Å². The summed E-state index contributed by atoms with van der Waals surface area (Å²) in [7, 11) is 40.4. The van der Waals surface area contributed by atoms with E-state index in [1.54, 1.807) is 0 Å². The van der Waals surface area contributed by atoms with Crippen molar-refractivity contribution in [1.82, 2.24) is 28.0 Å². The Balaban J connectivity index is 6.86.